The number of nitrogens with zero attached hydrogens (tertiary/aromatic N) is 1. The smallest absolute Gasteiger partial charge is 0.163 e. The highest BCUT2D eigenvalue weighted by Crippen LogP contribution is 2.09. The van der Waals surface area contributed by atoms with Gasteiger partial charge in [0, 0.05) is 24.4 Å². The van der Waals surface area contributed by atoms with Crippen molar-refractivity contribution in [3.05, 3.63) is 65.7 Å². The molecule has 0 saturated carbocycles. The number of Topliss-reactive ketones (excluding diaryl/α,β-unsaturated/α-hetero) is 1. The van der Waals surface area contributed by atoms with Gasteiger partial charge in [-0.15, -0.1) is 0 Å². The van der Waals surface area contributed by atoms with Crippen LogP contribution in [0.5, 0.6) is 0 Å². The molecule has 0 aliphatic carbocycles. The van der Waals surface area contributed by atoms with Gasteiger partial charge in [0.05, 0.1) is 0 Å². The van der Waals surface area contributed by atoms with Crippen molar-refractivity contribution in [2.24, 2.45) is 0 Å². The van der Waals surface area contributed by atoms with Crippen molar-refractivity contribution >= 4 is 5.78 Å². The van der Waals surface area contributed by atoms with E-state index >= 15 is 0 Å². The van der Waals surface area contributed by atoms with E-state index < -0.39 is 0 Å². The van der Waals surface area contributed by atoms with Crippen LogP contribution in [0, 0.1) is 5.82 Å². The maximum Gasteiger partial charge on any atom is 0.163 e. The summed E-state index contributed by atoms with van der Waals surface area (Å²) in [5.41, 5.74) is 1.44. The number of carbonyl (C=O) groups is 1. The Morgan fingerprint density at radius 3 is 2.82 bits per heavy atom. The number of halogens is 1. The molecular weight excluding hydrogens is 217 g/mol. The maximum atomic E-state index is 12.9. The molecule has 2 rings (SSSR count). The molecule has 17 heavy (non-hydrogen) atoms. The van der Waals surface area contributed by atoms with Crippen LogP contribution in [0.25, 0.3) is 0 Å². The predicted molar refractivity (Wildman–Crippen MR) is 63.3 cm³/mol. The zero-order valence-corrected chi connectivity index (χ0v) is 9.27. The average Bonchev–Trinajstić information content (AvgIpc) is 2.37. The molecule has 0 aliphatic heterocycles. The largest absolute Gasteiger partial charge is 0.294 e. The van der Waals surface area contributed by atoms with Gasteiger partial charge < -0.3 is 0 Å². The van der Waals surface area contributed by atoms with Gasteiger partial charge in [-0.05, 0) is 30.2 Å². The van der Waals surface area contributed by atoms with Gasteiger partial charge in [-0.1, -0.05) is 18.2 Å². The van der Waals surface area contributed by atoms with E-state index in [0.29, 0.717) is 18.4 Å². The predicted octanol–water partition coefficient (Wildman–Crippen LogP) is 3.04. The first kappa shape index (κ1) is 11.5. The van der Waals surface area contributed by atoms with Gasteiger partial charge in [0.25, 0.3) is 0 Å². The van der Waals surface area contributed by atoms with E-state index in [-0.39, 0.29) is 11.6 Å². The Labute approximate surface area is 99.1 Å². The minimum absolute atomic E-state index is 0.0478. The summed E-state index contributed by atoms with van der Waals surface area (Å²) in [5.74, 6) is -0.425. The minimum atomic E-state index is -0.378. The highest BCUT2D eigenvalue weighted by molar-refractivity contribution is 5.96. The Hall–Kier alpha value is -2.03. The van der Waals surface area contributed by atoms with E-state index in [9.17, 15) is 9.18 Å². The quantitative estimate of drug-likeness (QED) is 0.754. The van der Waals surface area contributed by atoms with Gasteiger partial charge in [-0.3, -0.25) is 9.78 Å². The number of benzene rings is 1. The normalized spacial score (nSPS) is 10.2. The molecule has 1 heterocycles. The molecular formula is C14H12FNO. The van der Waals surface area contributed by atoms with Crippen molar-refractivity contribution in [2.45, 2.75) is 12.8 Å². The highest BCUT2D eigenvalue weighted by atomic mass is 19.1. The van der Waals surface area contributed by atoms with E-state index in [1.54, 1.807) is 24.5 Å². The molecule has 0 bridgehead atoms. The highest BCUT2D eigenvalue weighted by Gasteiger charge is 2.06. The van der Waals surface area contributed by atoms with E-state index in [0.717, 1.165) is 5.56 Å². The van der Waals surface area contributed by atoms with Crippen molar-refractivity contribution in [3.8, 4) is 0 Å². The SMILES string of the molecule is O=C(CCc1cccnc1)c1cccc(F)c1. The van der Waals surface area contributed by atoms with Gasteiger partial charge in [0.15, 0.2) is 5.78 Å². The zero-order valence-electron chi connectivity index (χ0n) is 9.27. The molecule has 3 heteroatoms. The second kappa shape index (κ2) is 5.34. The van der Waals surface area contributed by atoms with Crippen LogP contribution < -0.4 is 0 Å². The average molecular weight is 229 g/mol. The van der Waals surface area contributed by atoms with E-state index in [1.807, 2.05) is 12.1 Å². The first-order valence-electron chi connectivity index (χ1n) is 5.43. The first-order chi connectivity index (χ1) is 8.25. The summed E-state index contributed by atoms with van der Waals surface area (Å²) in [6.07, 6.45) is 4.43. The van der Waals surface area contributed by atoms with Crippen LogP contribution >= 0.6 is 0 Å². The molecule has 1 aromatic carbocycles. The van der Waals surface area contributed by atoms with Crippen molar-refractivity contribution in [1.29, 1.82) is 0 Å². The van der Waals surface area contributed by atoms with Gasteiger partial charge in [-0.25, -0.2) is 4.39 Å². The van der Waals surface area contributed by atoms with Crippen LogP contribution in [0.15, 0.2) is 48.8 Å². The fourth-order valence-corrected chi connectivity index (χ4v) is 1.61. The number of hydrogen-bond donors (Lipinski definition) is 0. The number of aryl methyl sites for hydroxylation is 1. The number of hydrogen-bond acceptors (Lipinski definition) is 2. The van der Waals surface area contributed by atoms with Crippen LogP contribution in [0.2, 0.25) is 0 Å². The molecule has 2 nitrogen and oxygen atoms in total. The molecule has 0 unspecified atom stereocenters. The molecule has 1 aromatic heterocycles. The molecule has 0 N–H and O–H groups in total. The second-order valence-electron chi connectivity index (χ2n) is 3.79. The monoisotopic (exact) mass is 229 g/mol. The summed E-state index contributed by atoms with van der Waals surface area (Å²) in [7, 11) is 0. The van der Waals surface area contributed by atoms with Crippen LogP contribution in [-0.4, -0.2) is 10.8 Å². The zero-order chi connectivity index (χ0) is 12.1. The van der Waals surface area contributed by atoms with Gasteiger partial charge in [0.1, 0.15) is 5.82 Å². The Kier molecular flexibility index (Phi) is 3.60. The van der Waals surface area contributed by atoms with Gasteiger partial charge >= 0.3 is 0 Å². The number of aromatic nitrogens is 1. The lowest BCUT2D eigenvalue weighted by atomic mass is 10.0. The van der Waals surface area contributed by atoms with Crippen LogP contribution in [0.3, 0.4) is 0 Å². The standard InChI is InChI=1S/C14H12FNO/c15-13-5-1-4-12(9-13)14(17)7-6-11-3-2-8-16-10-11/h1-5,8-10H,6-7H2. The number of carbonyl (C=O) groups excluding carboxylic acids is 1. The summed E-state index contributed by atoms with van der Waals surface area (Å²) in [5, 5.41) is 0. The summed E-state index contributed by atoms with van der Waals surface area (Å²) in [4.78, 5) is 15.8. The lowest BCUT2D eigenvalue weighted by molar-refractivity contribution is 0.0982. The summed E-state index contributed by atoms with van der Waals surface area (Å²) in [6, 6.07) is 9.54. The lowest BCUT2D eigenvalue weighted by Gasteiger charge is -2.01. The number of rotatable bonds is 4. The molecule has 0 spiro atoms. The first-order valence-corrected chi connectivity index (χ1v) is 5.43. The third-order valence-electron chi connectivity index (χ3n) is 2.51. The minimum Gasteiger partial charge on any atom is -0.294 e. The summed E-state index contributed by atoms with van der Waals surface area (Å²) in [6.45, 7) is 0. The van der Waals surface area contributed by atoms with Crippen molar-refractivity contribution in [1.82, 2.24) is 4.98 Å². The Morgan fingerprint density at radius 2 is 2.12 bits per heavy atom. The lowest BCUT2D eigenvalue weighted by Crippen LogP contribution is -2.01. The summed E-state index contributed by atoms with van der Waals surface area (Å²) < 4.78 is 12.9. The van der Waals surface area contributed by atoms with Crippen molar-refractivity contribution in [2.75, 3.05) is 0 Å². The Bertz CT molecular complexity index is 511. The van der Waals surface area contributed by atoms with Crippen molar-refractivity contribution < 1.29 is 9.18 Å². The van der Waals surface area contributed by atoms with Crippen LogP contribution in [0.4, 0.5) is 4.39 Å². The van der Waals surface area contributed by atoms with Crippen LogP contribution in [0.1, 0.15) is 22.3 Å². The van der Waals surface area contributed by atoms with Gasteiger partial charge in [0.2, 0.25) is 0 Å². The topological polar surface area (TPSA) is 30.0 Å². The fraction of sp³-hybridized carbons (Fsp3) is 0.143. The fourth-order valence-electron chi connectivity index (χ4n) is 1.61. The molecule has 0 fully saturated rings. The number of pyridine rings is 1. The van der Waals surface area contributed by atoms with Gasteiger partial charge in [-0.2, -0.15) is 0 Å². The second-order valence-corrected chi connectivity index (χ2v) is 3.79. The number of ketones is 1. The molecule has 86 valence electrons. The third-order valence-corrected chi connectivity index (χ3v) is 2.51. The molecule has 0 amide bonds. The van der Waals surface area contributed by atoms with Crippen molar-refractivity contribution in [3.63, 3.8) is 0 Å². The molecule has 0 aliphatic rings. The van der Waals surface area contributed by atoms with E-state index in [2.05, 4.69) is 4.98 Å². The third kappa shape index (κ3) is 3.21. The molecule has 0 saturated heterocycles. The molecule has 0 atom stereocenters. The summed E-state index contributed by atoms with van der Waals surface area (Å²) >= 11 is 0. The molecule has 2 aromatic rings. The van der Waals surface area contributed by atoms with E-state index in [1.165, 1.54) is 12.1 Å². The van der Waals surface area contributed by atoms with E-state index in [4.69, 9.17) is 0 Å². The molecule has 0 radical (unpaired) electrons. The maximum absolute atomic E-state index is 12.9. The Balaban J connectivity index is 1.98. The Morgan fingerprint density at radius 1 is 1.24 bits per heavy atom. The van der Waals surface area contributed by atoms with Crippen LogP contribution in [-0.2, 0) is 6.42 Å².